The first-order valence-corrected chi connectivity index (χ1v) is 10.6. The minimum atomic E-state index is 0. The molecule has 1 aliphatic rings. The highest BCUT2D eigenvalue weighted by Crippen LogP contribution is 2.17. The van der Waals surface area contributed by atoms with Gasteiger partial charge < -0.3 is 20.3 Å². The lowest BCUT2D eigenvalue weighted by Gasteiger charge is -2.32. The van der Waals surface area contributed by atoms with Crippen LogP contribution in [-0.2, 0) is 4.74 Å². The highest BCUT2D eigenvalue weighted by Gasteiger charge is 2.18. The predicted octanol–water partition coefficient (Wildman–Crippen LogP) is 4.06. The fourth-order valence-corrected chi connectivity index (χ4v) is 3.55. The van der Waals surface area contributed by atoms with Crippen LogP contribution in [0.4, 0.5) is 0 Å². The van der Waals surface area contributed by atoms with Crippen molar-refractivity contribution in [2.45, 2.75) is 45.6 Å². The lowest BCUT2D eigenvalue weighted by Crippen LogP contribution is -2.43. The highest BCUT2D eigenvalue weighted by molar-refractivity contribution is 14.0. The molecule has 0 bridgehead atoms. The number of guanidine groups is 1. The number of halogens is 1. The summed E-state index contributed by atoms with van der Waals surface area (Å²) in [7, 11) is 1.84. The van der Waals surface area contributed by atoms with Gasteiger partial charge >= 0.3 is 0 Å². The van der Waals surface area contributed by atoms with E-state index in [4.69, 9.17) is 4.74 Å². The van der Waals surface area contributed by atoms with Crippen LogP contribution < -0.4 is 10.6 Å². The second-order valence-corrected chi connectivity index (χ2v) is 7.44. The number of nitrogens with zero attached hydrogens (tertiary/aromatic N) is 2. The zero-order valence-corrected chi connectivity index (χ0v) is 20.2. The number of likely N-dealkylation sites (tertiary alicyclic amines) is 1. The van der Waals surface area contributed by atoms with Crippen molar-refractivity contribution in [3.8, 4) is 0 Å². The Morgan fingerprint density at radius 1 is 1.21 bits per heavy atom. The third-order valence-electron chi connectivity index (χ3n) is 5.28. The Morgan fingerprint density at radius 3 is 2.57 bits per heavy atom. The van der Waals surface area contributed by atoms with Crippen molar-refractivity contribution < 1.29 is 4.74 Å². The number of hydrogen-bond acceptors (Lipinski definition) is 3. The molecule has 6 heteroatoms. The van der Waals surface area contributed by atoms with Crippen LogP contribution in [0.25, 0.3) is 0 Å². The van der Waals surface area contributed by atoms with Crippen LogP contribution >= 0.6 is 24.0 Å². The molecule has 1 atom stereocenters. The van der Waals surface area contributed by atoms with Gasteiger partial charge in [0.05, 0.1) is 6.10 Å². The van der Waals surface area contributed by atoms with Gasteiger partial charge in [-0.2, -0.15) is 0 Å². The minimum absolute atomic E-state index is 0. The maximum atomic E-state index is 5.92. The summed E-state index contributed by atoms with van der Waals surface area (Å²) in [5.41, 5.74) is 1.23. The van der Waals surface area contributed by atoms with Gasteiger partial charge in [0.15, 0.2) is 5.96 Å². The molecule has 160 valence electrons. The SMILES string of the molecule is CCCN1CCC(CNC(=NC)NCCCOC(C)c2ccccc2)CC1.I. The van der Waals surface area contributed by atoms with Crippen LogP contribution in [0, 0.1) is 5.92 Å². The molecule has 2 N–H and O–H groups in total. The molecule has 0 saturated carbocycles. The molecule has 5 nitrogen and oxygen atoms in total. The fraction of sp³-hybridized carbons (Fsp3) is 0.682. The molecular formula is C22H39IN4O. The molecule has 1 unspecified atom stereocenters. The van der Waals surface area contributed by atoms with Crippen LogP contribution in [0.15, 0.2) is 35.3 Å². The second-order valence-electron chi connectivity index (χ2n) is 7.44. The number of rotatable bonds is 10. The van der Waals surface area contributed by atoms with E-state index in [0.717, 1.165) is 38.0 Å². The summed E-state index contributed by atoms with van der Waals surface area (Å²) in [5, 5.41) is 6.89. The zero-order valence-electron chi connectivity index (χ0n) is 17.8. The molecule has 1 aromatic rings. The Hall–Kier alpha value is -0.860. The molecule has 1 aromatic carbocycles. The number of benzene rings is 1. The molecule has 1 aliphatic heterocycles. The van der Waals surface area contributed by atoms with E-state index in [0.29, 0.717) is 0 Å². The minimum Gasteiger partial charge on any atom is -0.374 e. The molecular weight excluding hydrogens is 463 g/mol. The van der Waals surface area contributed by atoms with E-state index in [2.05, 4.69) is 58.6 Å². The summed E-state index contributed by atoms with van der Waals surface area (Å²) in [4.78, 5) is 6.92. The van der Waals surface area contributed by atoms with Gasteiger partial charge in [-0.05, 0) is 63.7 Å². The quantitative estimate of drug-likeness (QED) is 0.219. The van der Waals surface area contributed by atoms with Crippen LogP contribution in [0.3, 0.4) is 0 Å². The van der Waals surface area contributed by atoms with Gasteiger partial charge in [-0.15, -0.1) is 24.0 Å². The van der Waals surface area contributed by atoms with Crippen molar-refractivity contribution in [1.82, 2.24) is 15.5 Å². The first kappa shape index (κ1) is 25.2. The van der Waals surface area contributed by atoms with E-state index >= 15 is 0 Å². The number of hydrogen-bond donors (Lipinski definition) is 2. The summed E-state index contributed by atoms with van der Waals surface area (Å²) in [6.07, 6.45) is 4.94. The monoisotopic (exact) mass is 502 g/mol. The predicted molar refractivity (Wildman–Crippen MR) is 130 cm³/mol. The van der Waals surface area contributed by atoms with E-state index < -0.39 is 0 Å². The molecule has 0 radical (unpaired) electrons. The van der Waals surface area contributed by atoms with Crippen molar-refractivity contribution in [3.63, 3.8) is 0 Å². The van der Waals surface area contributed by atoms with Gasteiger partial charge in [-0.1, -0.05) is 37.3 Å². The molecule has 2 rings (SSSR count). The molecule has 1 saturated heterocycles. The summed E-state index contributed by atoms with van der Waals surface area (Å²) in [6.45, 7) is 10.7. The average Bonchev–Trinajstić information content (AvgIpc) is 2.72. The normalized spacial score (nSPS) is 17.0. The van der Waals surface area contributed by atoms with Crippen LogP contribution in [0.1, 0.15) is 51.2 Å². The third-order valence-corrected chi connectivity index (χ3v) is 5.28. The van der Waals surface area contributed by atoms with Gasteiger partial charge in [0.2, 0.25) is 0 Å². The maximum Gasteiger partial charge on any atom is 0.190 e. The van der Waals surface area contributed by atoms with Crippen molar-refractivity contribution >= 4 is 29.9 Å². The van der Waals surface area contributed by atoms with Crippen molar-refractivity contribution in [1.29, 1.82) is 0 Å². The van der Waals surface area contributed by atoms with E-state index in [-0.39, 0.29) is 30.1 Å². The average molecular weight is 502 g/mol. The fourth-order valence-electron chi connectivity index (χ4n) is 3.55. The lowest BCUT2D eigenvalue weighted by atomic mass is 9.97. The molecule has 1 fully saturated rings. The van der Waals surface area contributed by atoms with Gasteiger partial charge in [-0.25, -0.2) is 0 Å². The third kappa shape index (κ3) is 9.56. The largest absolute Gasteiger partial charge is 0.374 e. The van der Waals surface area contributed by atoms with Gasteiger partial charge in [0.1, 0.15) is 0 Å². The molecule has 0 amide bonds. The van der Waals surface area contributed by atoms with Crippen LogP contribution in [-0.4, -0.2) is 57.2 Å². The Morgan fingerprint density at radius 2 is 1.93 bits per heavy atom. The molecule has 28 heavy (non-hydrogen) atoms. The second kappa shape index (κ2) is 15.0. The molecule has 1 heterocycles. The van der Waals surface area contributed by atoms with Crippen molar-refractivity contribution in [3.05, 3.63) is 35.9 Å². The Labute approximate surface area is 188 Å². The highest BCUT2D eigenvalue weighted by atomic mass is 127. The van der Waals surface area contributed by atoms with Gasteiger partial charge in [-0.3, -0.25) is 4.99 Å². The van der Waals surface area contributed by atoms with Crippen molar-refractivity contribution in [2.75, 3.05) is 46.4 Å². The first-order chi connectivity index (χ1) is 13.2. The number of piperidine rings is 1. The Balaban J connectivity index is 0.00000392. The standard InChI is InChI=1S/C22H38N4O.HI/c1-4-14-26-15-11-20(12-16-26)18-25-22(23-3)24-13-8-17-27-19(2)21-9-6-5-7-10-21;/h5-7,9-10,19-20H,4,8,11-18H2,1-3H3,(H2,23,24,25);1H. The molecule has 0 aliphatic carbocycles. The zero-order chi connectivity index (χ0) is 19.3. The summed E-state index contributed by atoms with van der Waals surface area (Å²) >= 11 is 0. The van der Waals surface area contributed by atoms with Gasteiger partial charge in [0, 0.05) is 26.7 Å². The number of aliphatic imine (C=N–C) groups is 1. The lowest BCUT2D eigenvalue weighted by molar-refractivity contribution is 0.0646. The van der Waals surface area contributed by atoms with E-state index in [1.807, 2.05) is 13.1 Å². The molecule has 0 aromatic heterocycles. The van der Waals surface area contributed by atoms with E-state index in [1.54, 1.807) is 0 Å². The van der Waals surface area contributed by atoms with E-state index in [1.165, 1.54) is 44.5 Å². The number of ether oxygens (including phenoxy) is 1. The first-order valence-electron chi connectivity index (χ1n) is 10.6. The van der Waals surface area contributed by atoms with Gasteiger partial charge in [0.25, 0.3) is 0 Å². The van der Waals surface area contributed by atoms with Crippen LogP contribution in [0.5, 0.6) is 0 Å². The summed E-state index contributed by atoms with van der Waals surface area (Å²) in [5.74, 6) is 1.66. The van der Waals surface area contributed by atoms with Crippen LogP contribution in [0.2, 0.25) is 0 Å². The molecule has 0 spiro atoms. The Bertz CT molecular complexity index is 533. The topological polar surface area (TPSA) is 48.9 Å². The smallest absolute Gasteiger partial charge is 0.190 e. The maximum absolute atomic E-state index is 5.92. The van der Waals surface area contributed by atoms with Crippen molar-refractivity contribution in [2.24, 2.45) is 10.9 Å². The summed E-state index contributed by atoms with van der Waals surface area (Å²) in [6, 6.07) is 10.4. The number of nitrogens with one attached hydrogen (secondary N) is 2. The Kier molecular flexibility index (Phi) is 13.5. The summed E-state index contributed by atoms with van der Waals surface area (Å²) < 4.78 is 5.92. The van der Waals surface area contributed by atoms with E-state index in [9.17, 15) is 0 Å².